The molecule has 0 aliphatic rings. The lowest BCUT2D eigenvalue weighted by atomic mass is 10.2. The number of halogens is 1. The first-order chi connectivity index (χ1) is 5.65. The SMILES string of the molecule is Cc1cc(C(N)CC#N)sc1Br. The number of hydrogen-bond donors (Lipinski definition) is 1. The summed E-state index contributed by atoms with van der Waals surface area (Å²) < 4.78 is 1.10. The van der Waals surface area contributed by atoms with Crippen LogP contribution in [0.5, 0.6) is 0 Å². The van der Waals surface area contributed by atoms with Crippen molar-refractivity contribution in [1.82, 2.24) is 0 Å². The van der Waals surface area contributed by atoms with Crippen molar-refractivity contribution in [2.75, 3.05) is 0 Å². The van der Waals surface area contributed by atoms with Gasteiger partial charge in [-0.05, 0) is 34.5 Å². The molecule has 64 valence electrons. The Balaban J connectivity index is 2.83. The van der Waals surface area contributed by atoms with Gasteiger partial charge in [-0.2, -0.15) is 5.26 Å². The van der Waals surface area contributed by atoms with Crippen LogP contribution in [-0.2, 0) is 0 Å². The summed E-state index contributed by atoms with van der Waals surface area (Å²) in [6, 6.07) is 3.95. The summed E-state index contributed by atoms with van der Waals surface area (Å²) in [5.74, 6) is 0. The zero-order valence-corrected chi connectivity index (χ0v) is 9.08. The van der Waals surface area contributed by atoms with Crippen molar-refractivity contribution in [3.8, 4) is 6.07 Å². The lowest BCUT2D eigenvalue weighted by molar-refractivity contribution is 0.764. The predicted molar refractivity (Wildman–Crippen MR) is 53.9 cm³/mol. The molecule has 0 radical (unpaired) electrons. The van der Waals surface area contributed by atoms with Gasteiger partial charge in [0.1, 0.15) is 0 Å². The Morgan fingerprint density at radius 3 is 2.92 bits per heavy atom. The summed E-state index contributed by atoms with van der Waals surface area (Å²) in [6.07, 6.45) is 0.381. The maximum absolute atomic E-state index is 8.44. The van der Waals surface area contributed by atoms with Crippen LogP contribution in [0.25, 0.3) is 0 Å². The van der Waals surface area contributed by atoms with Gasteiger partial charge in [0.05, 0.1) is 22.3 Å². The number of nitrogens with two attached hydrogens (primary N) is 1. The molecule has 1 aromatic rings. The molecule has 0 saturated heterocycles. The standard InChI is InChI=1S/C8H9BrN2S/c1-5-4-7(12-8(5)9)6(11)2-3-10/h4,6H,2,11H2,1H3. The van der Waals surface area contributed by atoms with Gasteiger partial charge in [0.2, 0.25) is 0 Å². The van der Waals surface area contributed by atoms with Crippen LogP contribution in [0.4, 0.5) is 0 Å². The fourth-order valence-electron chi connectivity index (χ4n) is 0.865. The normalized spacial score (nSPS) is 12.5. The van der Waals surface area contributed by atoms with E-state index >= 15 is 0 Å². The number of aryl methyl sites for hydroxylation is 1. The van der Waals surface area contributed by atoms with E-state index in [1.165, 1.54) is 5.56 Å². The summed E-state index contributed by atoms with van der Waals surface area (Å²) in [6.45, 7) is 2.02. The first-order valence-electron chi connectivity index (χ1n) is 3.53. The minimum Gasteiger partial charge on any atom is -0.322 e. The predicted octanol–water partition coefficient (Wildman–Crippen LogP) is 2.73. The van der Waals surface area contributed by atoms with Crippen LogP contribution in [0, 0.1) is 18.3 Å². The number of hydrogen-bond acceptors (Lipinski definition) is 3. The van der Waals surface area contributed by atoms with E-state index in [4.69, 9.17) is 11.0 Å². The molecule has 12 heavy (non-hydrogen) atoms. The first kappa shape index (κ1) is 9.72. The molecule has 0 aliphatic carbocycles. The van der Waals surface area contributed by atoms with E-state index in [0.29, 0.717) is 6.42 Å². The van der Waals surface area contributed by atoms with E-state index in [0.717, 1.165) is 8.66 Å². The Labute approximate surface area is 84.1 Å². The smallest absolute Gasteiger partial charge is 0.0731 e. The minimum absolute atomic E-state index is 0.134. The van der Waals surface area contributed by atoms with Crippen LogP contribution in [0.3, 0.4) is 0 Å². The third-order valence-electron chi connectivity index (χ3n) is 1.55. The van der Waals surface area contributed by atoms with E-state index in [1.807, 2.05) is 13.0 Å². The lowest BCUT2D eigenvalue weighted by Gasteiger charge is -2.01. The second-order valence-electron chi connectivity index (χ2n) is 2.57. The molecule has 1 heterocycles. The fourth-order valence-corrected chi connectivity index (χ4v) is 2.44. The minimum atomic E-state index is -0.134. The Hall–Kier alpha value is -0.370. The van der Waals surface area contributed by atoms with E-state index in [2.05, 4.69) is 22.0 Å². The summed E-state index contributed by atoms with van der Waals surface area (Å²) in [5.41, 5.74) is 6.94. The third-order valence-corrected chi connectivity index (χ3v) is 3.82. The molecule has 0 fully saturated rings. The molecule has 1 aromatic heterocycles. The summed E-state index contributed by atoms with van der Waals surface area (Å²) in [4.78, 5) is 1.07. The quantitative estimate of drug-likeness (QED) is 0.870. The monoisotopic (exact) mass is 244 g/mol. The van der Waals surface area contributed by atoms with E-state index < -0.39 is 0 Å². The Morgan fingerprint density at radius 1 is 1.83 bits per heavy atom. The van der Waals surface area contributed by atoms with Gasteiger partial charge in [0.25, 0.3) is 0 Å². The maximum Gasteiger partial charge on any atom is 0.0731 e. The van der Waals surface area contributed by atoms with Crippen molar-refractivity contribution in [3.63, 3.8) is 0 Å². The van der Waals surface area contributed by atoms with E-state index in [1.54, 1.807) is 11.3 Å². The van der Waals surface area contributed by atoms with E-state index in [9.17, 15) is 0 Å². The molecule has 0 aliphatic heterocycles. The van der Waals surface area contributed by atoms with Gasteiger partial charge in [-0.1, -0.05) is 0 Å². The first-order valence-corrected chi connectivity index (χ1v) is 5.14. The summed E-state index contributed by atoms with van der Waals surface area (Å²) in [7, 11) is 0. The van der Waals surface area contributed by atoms with Crippen LogP contribution in [0.1, 0.15) is 22.9 Å². The van der Waals surface area contributed by atoms with Crippen LogP contribution in [-0.4, -0.2) is 0 Å². The molecule has 4 heteroatoms. The molecule has 0 bridgehead atoms. The zero-order chi connectivity index (χ0) is 9.14. The van der Waals surface area contributed by atoms with Crippen LogP contribution >= 0.6 is 27.3 Å². The lowest BCUT2D eigenvalue weighted by Crippen LogP contribution is -2.06. The highest BCUT2D eigenvalue weighted by molar-refractivity contribution is 9.11. The second kappa shape index (κ2) is 4.04. The maximum atomic E-state index is 8.44. The highest BCUT2D eigenvalue weighted by atomic mass is 79.9. The van der Waals surface area contributed by atoms with Crippen LogP contribution in [0.2, 0.25) is 0 Å². The molecule has 0 amide bonds. The molecule has 0 spiro atoms. The van der Waals surface area contributed by atoms with Gasteiger partial charge in [0.15, 0.2) is 0 Å². The molecular weight excluding hydrogens is 236 g/mol. The van der Waals surface area contributed by atoms with Crippen molar-refractivity contribution in [2.24, 2.45) is 5.73 Å². The summed E-state index contributed by atoms with van der Waals surface area (Å²) in [5, 5.41) is 8.44. The highest BCUT2D eigenvalue weighted by Crippen LogP contribution is 2.31. The Morgan fingerprint density at radius 2 is 2.50 bits per heavy atom. The molecule has 2 N–H and O–H groups in total. The van der Waals surface area contributed by atoms with Crippen LogP contribution in [0.15, 0.2) is 9.85 Å². The van der Waals surface area contributed by atoms with Crippen molar-refractivity contribution >= 4 is 27.3 Å². The largest absolute Gasteiger partial charge is 0.322 e. The van der Waals surface area contributed by atoms with Gasteiger partial charge in [-0.25, -0.2) is 0 Å². The third kappa shape index (κ3) is 2.07. The van der Waals surface area contributed by atoms with Crippen molar-refractivity contribution in [2.45, 2.75) is 19.4 Å². The Kier molecular flexibility index (Phi) is 3.27. The average molecular weight is 245 g/mol. The second-order valence-corrected chi connectivity index (χ2v) is 4.98. The van der Waals surface area contributed by atoms with Gasteiger partial charge in [0, 0.05) is 4.88 Å². The van der Waals surface area contributed by atoms with Gasteiger partial charge in [-0.3, -0.25) is 0 Å². The number of nitrogens with zero attached hydrogens (tertiary/aromatic N) is 1. The molecule has 0 aromatic carbocycles. The fraction of sp³-hybridized carbons (Fsp3) is 0.375. The Bertz CT molecular complexity index is 294. The number of thiophene rings is 1. The molecular formula is C8H9BrN2S. The van der Waals surface area contributed by atoms with Gasteiger partial charge in [-0.15, -0.1) is 11.3 Å². The van der Waals surface area contributed by atoms with Crippen molar-refractivity contribution < 1.29 is 0 Å². The zero-order valence-electron chi connectivity index (χ0n) is 6.67. The summed E-state index contributed by atoms with van der Waals surface area (Å²) >= 11 is 5.02. The van der Waals surface area contributed by atoms with Crippen molar-refractivity contribution in [1.29, 1.82) is 5.26 Å². The van der Waals surface area contributed by atoms with Crippen LogP contribution < -0.4 is 5.73 Å². The molecule has 1 atom stereocenters. The van der Waals surface area contributed by atoms with Gasteiger partial charge >= 0.3 is 0 Å². The highest BCUT2D eigenvalue weighted by Gasteiger charge is 2.09. The molecule has 1 rings (SSSR count). The van der Waals surface area contributed by atoms with Gasteiger partial charge < -0.3 is 5.73 Å². The molecule has 0 saturated carbocycles. The topological polar surface area (TPSA) is 49.8 Å². The molecule has 2 nitrogen and oxygen atoms in total. The number of nitriles is 1. The molecule has 1 unspecified atom stereocenters. The average Bonchev–Trinajstić information content (AvgIpc) is 2.33. The van der Waals surface area contributed by atoms with E-state index in [-0.39, 0.29) is 6.04 Å². The number of rotatable bonds is 2. The van der Waals surface area contributed by atoms with Crippen molar-refractivity contribution in [3.05, 3.63) is 20.3 Å².